The number of halogens is 3. The van der Waals surface area contributed by atoms with Gasteiger partial charge in [0.25, 0.3) is 5.91 Å². The summed E-state index contributed by atoms with van der Waals surface area (Å²) in [4.78, 5) is 11.7. The molecule has 1 atom stereocenters. The molecule has 1 aromatic rings. The van der Waals surface area contributed by atoms with Crippen molar-refractivity contribution in [3.8, 4) is 0 Å². The first kappa shape index (κ1) is 16.4. The van der Waals surface area contributed by atoms with Gasteiger partial charge in [-0.15, -0.1) is 12.4 Å². The second kappa shape index (κ2) is 7.63. The Bertz CT molecular complexity index is 390. The van der Waals surface area contributed by atoms with Crippen molar-refractivity contribution >= 4 is 34.2 Å². The molecule has 0 saturated carbocycles. The molecule has 1 aromatic carbocycles. The first-order valence-corrected chi connectivity index (χ1v) is 5.77. The van der Waals surface area contributed by atoms with Crippen molar-refractivity contribution < 1.29 is 9.18 Å². The summed E-state index contributed by atoms with van der Waals surface area (Å²) in [5.41, 5.74) is 5.86. The van der Waals surface area contributed by atoms with Crippen LogP contribution < -0.4 is 11.1 Å². The van der Waals surface area contributed by atoms with Gasteiger partial charge in [-0.1, -0.05) is 6.92 Å². The second-order valence-corrected chi connectivity index (χ2v) is 4.53. The summed E-state index contributed by atoms with van der Waals surface area (Å²) < 4.78 is 13.3. The summed E-state index contributed by atoms with van der Waals surface area (Å²) in [5, 5.41) is 2.74. The lowest BCUT2D eigenvalue weighted by atomic mass is 10.1. The van der Waals surface area contributed by atoms with E-state index < -0.39 is 0 Å². The lowest BCUT2D eigenvalue weighted by Crippen LogP contribution is -2.31. The Kier molecular flexibility index (Phi) is 7.34. The van der Waals surface area contributed by atoms with Gasteiger partial charge in [0.2, 0.25) is 0 Å². The molecule has 0 aliphatic carbocycles. The zero-order valence-electron chi connectivity index (χ0n) is 9.37. The van der Waals surface area contributed by atoms with Gasteiger partial charge in [-0.3, -0.25) is 4.79 Å². The molecule has 0 spiro atoms. The molecule has 0 fully saturated rings. The highest BCUT2D eigenvalue weighted by atomic mass is 79.9. The van der Waals surface area contributed by atoms with Crippen LogP contribution in [0, 0.1) is 11.7 Å². The monoisotopic (exact) mass is 324 g/mol. The van der Waals surface area contributed by atoms with E-state index in [1.807, 2.05) is 6.92 Å². The smallest absolute Gasteiger partial charge is 0.252 e. The molecule has 96 valence electrons. The number of carbonyl (C=O) groups excluding carboxylic acids is 1. The van der Waals surface area contributed by atoms with Gasteiger partial charge >= 0.3 is 0 Å². The van der Waals surface area contributed by atoms with Crippen LogP contribution in [0.4, 0.5) is 4.39 Å². The molecule has 3 N–H and O–H groups in total. The van der Waals surface area contributed by atoms with Crippen molar-refractivity contribution in [2.75, 3.05) is 13.1 Å². The number of nitrogens with one attached hydrogen (secondary N) is 1. The van der Waals surface area contributed by atoms with E-state index in [0.29, 0.717) is 23.1 Å². The number of hydrogen-bond acceptors (Lipinski definition) is 2. The van der Waals surface area contributed by atoms with Crippen molar-refractivity contribution in [2.24, 2.45) is 11.7 Å². The third kappa shape index (κ3) is 5.02. The van der Waals surface area contributed by atoms with Gasteiger partial charge in [0, 0.05) is 11.0 Å². The van der Waals surface area contributed by atoms with E-state index in [1.165, 1.54) is 18.2 Å². The average Bonchev–Trinajstić information content (AvgIpc) is 2.25. The molecule has 3 nitrogen and oxygen atoms in total. The predicted molar refractivity (Wildman–Crippen MR) is 71.9 cm³/mol. The highest BCUT2D eigenvalue weighted by molar-refractivity contribution is 9.10. The third-order valence-corrected chi connectivity index (χ3v) is 2.85. The topological polar surface area (TPSA) is 55.1 Å². The van der Waals surface area contributed by atoms with Crippen LogP contribution in [0.3, 0.4) is 0 Å². The van der Waals surface area contributed by atoms with E-state index in [9.17, 15) is 9.18 Å². The minimum Gasteiger partial charge on any atom is -0.352 e. The number of rotatable bonds is 4. The van der Waals surface area contributed by atoms with Gasteiger partial charge in [0.15, 0.2) is 0 Å². The summed E-state index contributed by atoms with van der Waals surface area (Å²) >= 11 is 3.15. The van der Waals surface area contributed by atoms with Crippen molar-refractivity contribution in [3.05, 3.63) is 34.1 Å². The number of hydrogen-bond donors (Lipinski definition) is 2. The molecule has 0 bridgehead atoms. The maximum Gasteiger partial charge on any atom is 0.252 e. The molecule has 0 saturated heterocycles. The maximum atomic E-state index is 12.8. The van der Waals surface area contributed by atoms with Crippen molar-refractivity contribution in [1.82, 2.24) is 5.32 Å². The van der Waals surface area contributed by atoms with Gasteiger partial charge < -0.3 is 11.1 Å². The van der Waals surface area contributed by atoms with E-state index in [2.05, 4.69) is 21.2 Å². The fourth-order valence-electron chi connectivity index (χ4n) is 1.12. The Morgan fingerprint density at radius 3 is 2.76 bits per heavy atom. The van der Waals surface area contributed by atoms with Crippen LogP contribution in [-0.4, -0.2) is 19.0 Å². The third-order valence-electron chi connectivity index (χ3n) is 2.19. The van der Waals surface area contributed by atoms with Crippen molar-refractivity contribution in [2.45, 2.75) is 6.92 Å². The minimum absolute atomic E-state index is 0. The number of nitrogens with two attached hydrogens (primary N) is 1. The molecular formula is C11H15BrClFN2O. The Balaban J connectivity index is 0.00000256. The Morgan fingerprint density at radius 1 is 1.59 bits per heavy atom. The van der Waals surface area contributed by atoms with Crippen LogP contribution in [0.1, 0.15) is 17.3 Å². The maximum absolute atomic E-state index is 12.8. The van der Waals surface area contributed by atoms with Gasteiger partial charge in [-0.05, 0) is 46.6 Å². The first-order valence-electron chi connectivity index (χ1n) is 4.98. The summed E-state index contributed by atoms with van der Waals surface area (Å²) in [5.74, 6) is -0.380. The van der Waals surface area contributed by atoms with Gasteiger partial charge in [-0.2, -0.15) is 0 Å². The fourth-order valence-corrected chi connectivity index (χ4v) is 1.65. The lowest BCUT2D eigenvalue weighted by Gasteiger charge is -2.10. The zero-order chi connectivity index (χ0) is 12.1. The van der Waals surface area contributed by atoms with Crippen LogP contribution in [0.2, 0.25) is 0 Å². The van der Waals surface area contributed by atoms with Crippen LogP contribution in [0.15, 0.2) is 22.7 Å². The molecule has 1 rings (SSSR count). The molecule has 1 unspecified atom stereocenters. The van der Waals surface area contributed by atoms with Crippen LogP contribution in [0.5, 0.6) is 0 Å². The molecule has 17 heavy (non-hydrogen) atoms. The highest BCUT2D eigenvalue weighted by Gasteiger charge is 2.11. The molecule has 0 aromatic heterocycles. The molecular weight excluding hydrogens is 310 g/mol. The normalized spacial score (nSPS) is 11.5. The van der Waals surface area contributed by atoms with Crippen LogP contribution >= 0.6 is 28.3 Å². The summed E-state index contributed by atoms with van der Waals surface area (Å²) in [6, 6.07) is 3.97. The molecule has 0 radical (unpaired) electrons. The second-order valence-electron chi connectivity index (χ2n) is 3.68. The number of benzene rings is 1. The van der Waals surface area contributed by atoms with E-state index in [0.717, 1.165) is 0 Å². The van der Waals surface area contributed by atoms with E-state index in [-0.39, 0.29) is 30.0 Å². The zero-order valence-corrected chi connectivity index (χ0v) is 11.8. The first-order chi connectivity index (χ1) is 7.54. The minimum atomic E-state index is -0.376. The number of amides is 1. The molecule has 0 aliphatic heterocycles. The van der Waals surface area contributed by atoms with Crippen LogP contribution in [0.25, 0.3) is 0 Å². The van der Waals surface area contributed by atoms with E-state index in [1.54, 1.807) is 0 Å². The predicted octanol–water partition coefficient (Wildman–Crippen LogP) is 2.33. The van der Waals surface area contributed by atoms with Crippen molar-refractivity contribution in [3.63, 3.8) is 0 Å². The van der Waals surface area contributed by atoms with Gasteiger partial charge in [-0.25, -0.2) is 4.39 Å². The van der Waals surface area contributed by atoms with E-state index >= 15 is 0 Å². The fraction of sp³-hybridized carbons (Fsp3) is 0.364. The van der Waals surface area contributed by atoms with Crippen LogP contribution in [-0.2, 0) is 0 Å². The summed E-state index contributed by atoms with van der Waals surface area (Å²) in [6.45, 7) is 2.98. The molecule has 6 heteroatoms. The van der Waals surface area contributed by atoms with Gasteiger partial charge in [0.1, 0.15) is 5.82 Å². The lowest BCUT2D eigenvalue weighted by molar-refractivity contribution is 0.0948. The largest absolute Gasteiger partial charge is 0.352 e. The molecule has 0 heterocycles. The van der Waals surface area contributed by atoms with Crippen molar-refractivity contribution in [1.29, 1.82) is 0 Å². The molecule has 0 aliphatic rings. The summed E-state index contributed by atoms with van der Waals surface area (Å²) in [6.07, 6.45) is 0. The average molecular weight is 326 g/mol. The van der Waals surface area contributed by atoms with E-state index in [4.69, 9.17) is 5.73 Å². The summed E-state index contributed by atoms with van der Waals surface area (Å²) in [7, 11) is 0. The molecule has 1 amide bonds. The highest BCUT2D eigenvalue weighted by Crippen LogP contribution is 2.17. The Morgan fingerprint density at radius 2 is 2.24 bits per heavy atom. The quantitative estimate of drug-likeness (QED) is 0.893. The Hall–Kier alpha value is -0.650. The van der Waals surface area contributed by atoms with Gasteiger partial charge in [0.05, 0.1) is 5.56 Å². The SMILES string of the molecule is CC(CN)CNC(=O)c1ccc(F)cc1Br.Cl. The Labute approximate surface area is 114 Å². The standard InChI is InChI=1S/C11H14BrFN2O.ClH/c1-7(5-14)6-15-11(16)9-3-2-8(13)4-10(9)12;/h2-4,7H,5-6,14H2,1H3,(H,15,16);1H. The number of carbonyl (C=O) groups is 1.